The molecule has 2 heterocycles. The van der Waals surface area contributed by atoms with Crippen LogP contribution in [-0.4, -0.2) is 24.2 Å². The predicted octanol–water partition coefficient (Wildman–Crippen LogP) is 1.35. The van der Waals surface area contributed by atoms with Gasteiger partial charge in [-0.1, -0.05) is 0 Å². The number of hydrogen-bond acceptors (Lipinski definition) is 3. The first-order valence-corrected chi connectivity index (χ1v) is 5.16. The molecule has 1 unspecified atom stereocenters. The molecule has 0 spiro atoms. The fraction of sp³-hybridized carbons (Fsp3) is 0.545. The van der Waals surface area contributed by atoms with Crippen molar-refractivity contribution in [3.8, 4) is 0 Å². The Morgan fingerprint density at radius 2 is 2.29 bits per heavy atom. The first-order valence-electron chi connectivity index (χ1n) is 5.16. The number of rotatable bonds is 3. The van der Waals surface area contributed by atoms with Crippen LogP contribution >= 0.6 is 0 Å². The van der Waals surface area contributed by atoms with Crippen LogP contribution in [0.4, 0.5) is 0 Å². The monoisotopic (exact) mass is 192 g/mol. The highest BCUT2D eigenvalue weighted by molar-refractivity contribution is 5.07. The van der Waals surface area contributed by atoms with Gasteiger partial charge in [-0.3, -0.25) is 4.98 Å². The Bertz CT molecular complexity index is 257. The van der Waals surface area contributed by atoms with E-state index >= 15 is 0 Å². The smallest absolute Gasteiger partial charge is 0.0722 e. The summed E-state index contributed by atoms with van der Waals surface area (Å²) in [7, 11) is 0. The normalized spacial score (nSPS) is 22.1. The van der Waals surface area contributed by atoms with E-state index in [1.807, 2.05) is 12.1 Å². The number of nitrogens with zero attached hydrogens (tertiary/aromatic N) is 1. The maximum absolute atomic E-state index is 5.78. The van der Waals surface area contributed by atoms with E-state index in [0.717, 1.165) is 13.1 Å². The van der Waals surface area contributed by atoms with E-state index in [-0.39, 0.29) is 0 Å². The number of hydrogen-bond donors (Lipinski definition) is 1. The molecule has 1 fully saturated rings. The van der Waals surface area contributed by atoms with Crippen LogP contribution in [0.5, 0.6) is 0 Å². The van der Waals surface area contributed by atoms with Gasteiger partial charge in [0.05, 0.1) is 12.7 Å². The fourth-order valence-corrected chi connectivity index (χ4v) is 1.66. The van der Waals surface area contributed by atoms with E-state index in [1.165, 1.54) is 18.4 Å². The third kappa shape index (κ3) is 2.79. The Hall–Kier alpha value is -0.930. The Kier molecular flexibility index (Phi) is 3.49. The van der Waals surface area contributed by atoms with Crippen LogP contribution in [0.1, 0.15) is 18.4 Å². The van der Waals surface area contributed by atoms with E-state index in [2.05, 4.69) is 10.3 Å². The maximum atomic E-state index is 5.78. The molecule has 1 saturated heterocycles. The summed E-state index contributed by atoms with van der Waals surface area (Å²) in [5.41, 5.74) is 1.20. The highest BCUT2D eigenvalue weighted by atomic mass is 16.5. The molecule has 1 atom stereocenters. The highest BCUT2D eigenvalue weighted by Gasteiger charge is 2.12. The summed E-state index contributed by atoms with van der Waals surface area (Å²) in [6.45, 7) is 2.83. The van der Waals surface area contributed by atoms with Crippen molar-refractivity contribution in [3.05, 3.63) is 30.1 Å². The molecule has 3 heteroatoms. The van der Waals surface area contributed by atoms with Crippen molar-refractivity contribution >= 4 is 0 Å². The molecular weight excluding hydrogens is 176 g/mol. The Morgan fingerprint density at radius 3 is 3.00 bits per heavy atom. The van der Waals surface area contributed by atoms with Gasteiger partial charge in [-0.05, 0) is 37.1 Å². The molecule has 0 bridgehead atoms. The predicted molar refractivity (Wildman–Crippen MR) is 54.9 cm³/mol. The van der Waals surface area contributed by atoms with E-state index in [9.17, 15) is 0 Å². The molecule has 0 radical (unpaired) electrons. The fourth-order valence-electron chi connectivity index (χ4n) is 1.66. The quantitative estimate of drug-likeness (QED) is 0.785. The van der Waals surface area contributed by atoms with Gasteiger partial charge in [0, 0.05) is 18.9 Å². The third-order valence-corrected chi connectivity index (χ3v) is 2.49. The lowest BCUT2D eigenvalue weighted by molar-refractivity contribution is 0.0252. The zero-order valence-corrected chi connectivity index (χ0v) is 8.28. The molecule has 3 nitrogen and oxygen atoms in total. The zero-order valence-electron chi connectivity index (χ0n) is 8.28. The second-order valence-electron chi connectivity index (χ2n) is 3.63. The number of piperidine rings is 1. The van der Waals surface area contributed by atoms with Gasteiger partial charge in [0.2, 0.25) is 0 Å². The summed E-state index contributed by atoms with van der Waals surface area (Å²) in [5, 5.41) is 3.33. The van der Waals surface area contributed by atoms with Gasteiger partial charge in [0.15, 0.2) is 0 Å². The molecule has 2 rings (SSSR count). The topological polar surface area (TPSA) is 34.1 Å². The van der Waals surface area contributed by atoms with Crippen molar-refractivity contribution in [3.63, 3.8) is 0 Å². The minimum atomic E-state index is 0.386. The Morgan fingerprint density at radius 1 is 1.43 bits per heavy atom. The van der Waals surface area contributed by atoms with E-state index < -0.39 is 0 Å². The van der Waals surface area contributed by atoms with Gasteiger partial charge in [-0.2, -0.15) is 0 Å². The molecule has 1 aliphatic rings. The van der Waals surface area contributed by atoms with Gasteiger partial charge < -0.3 is 10.1 Å². The summed E-state index contributed by atoms with van der Waals surface area (Å²) < 4.78 is 5.78. The average Bonchev–Trinajstić information content (AvgIpc) is 2.29. The van der Waals surface area contributed by atoms with E-state index in [0.29, 0.717) is 12.7 Å². The number of ether oxygens (including phenoxy) is 1. The van der Waals surface area contributed by atoms with Crippen LogP contribution in [-0.2, 0) is 11.3 Å². The SMILES string of the molecule is c1cc(COC2CCCNC2)ccn1. The van der Waals surface area contributed by atoms with Crippen molar-refractivity contribution in [2.75, 3.05) is 13.1 Å². The summed E-state index contributed by atoms with van der Waals surface area (Å²) in [6.07, 6.45) is 6.39. The lowest BCUT2D eigenvalue weighted by atomic mass is 10.1. The molecule has 14 heavy (non-hydrogen) atoms. The number of pyridine rings is 1. The third-order valence-electron chi connectivity index (χ3n) is 2.49. The first kappa shape index (κ1) is 9.62. The highest BCUT2D eigenvalue weighted by Crippen LogP contribution is 2.09. The molecule has 0 saturated carbocycles. The van der Waals surface area contributed by atoms with Crippen molar-refractivity contribution in [1.29, 1.82) is 0 Å². The van der Waals surface area contributed by atoms with Crippen molar-refractivity contribution in [2.45, 2.75) is 25.6 Å². The number of aromatic nitrogens is 1. The van der Waals surface area contributed by atoms with Gasteiger partial charge in [0.25, 0.3) is 0 Å². The molecule has 1 aromatic rings. The molecule has 1 N–H and O–H groups in total. The molecule has 1 aromatic heterocycles. The lowest BCUT2D eigenvalue weighted by Crippen LogP contribution is -2.35. The van der Waals surface area contributed by atoms with Gasteiger partial charge in [-0.15, -0.1) is 0 Å². The molecule has 1 aliphatic heterocycles. The lowest BCUT2D eigenvalue weighted by Gasteiger charge is -2.22. The minimum Gasteiger partial charge on any atom is -0.372 e. The standard InChI is InChI=1S/C11H16N2O/c1-2-11(8-13-5-1)14-9-10-3-6-12-7-4-10/h3-4,6-7,11,13H,1-2,5,8-9H2. The average molecular weight is 192 g/mol. The minimum absolute atomic E-state index is 0.386. The second-order valence-corrected chi connectivity index (χ2v) is 3.63. The van der Waals surface area contributed by atoms with Crippen molar-refractivity contribution < 1.29 is 4.74 Å². The summed E-state index contributed by atoms with van der Waals surface area (Å²) in [5.74, 6) is 0. The van der Waals surface area contributed by atoms with Crippen LogP contribution in [0.2, 0.25) is 0 Å². The van der Waals surface area contributed by atoms with E-state index in [1.54, 1.807) is 12.4 Å². The zero-order chi connectivity index (χ0) is 9.64. The molecule has 76 valence electrons. The van der Waals surface area contributed by atoms with E-state index in [4.69, 9.17) is 4.74 Å². The summed E-state index contributed by atoms with van der Waals surface area (Å²) >= 11 is 0. The van der Waals surface area contributed by atoms with Crippen LogP contribution in [0, 0.1) is 0 Å². The van der Waals surface area contributed by atoms with Gasteiger partial charge in [0.1, 0.15) is 0 Å². The molecule has 0 aromatic carbocycles. The maximum Gasteiger partial charge on any atom is 0.0722 e. The largest absolute Gasteiger partial charge is 0.372 e. The van der Waals surface area contributed by atoms with Crippen LogP contribution in [0.15, 0.2) is 24.5 Å². The van der Waals surface area contributed by atoms with Gasteiger partial charge >= 0.3 is 0 Å². The van der Waals surface area contributed by atoms with Crippen molar-refractivity contribution in [1.82, 2.24) is 10.3 Å². The van der Waals surface area contributed by atoms with Crippen LogP contribution in [0.3, 0.4) is 0 Å². The molecular formula is C11H16N2O. The van der Waals surface area contributed by atoms with Crippen LogP contribution < -0.4 is 5.32 Å². The van der Waals surface area contributed by atoms with Crippen LogP contribution in [0.25, 0.3) is 0 Å². The first-order chi connectivity index (χ1) is 6.95. The molecule has 0 aliphatic carbocycles. The summed E-state index contributed by atoms with van der Waals surface area (Å²) in [6, 6.07) is 3.99. The molecule has 0 amide bonds. The second kappa shape index (κ2) is 5.08. The Balaban J connectivity index is 1.76. The number of nitrogens with one attached hydrogen (secondary N) is 1. The summed E-state index contributed by atoms with van der Waals surface area (Å²) in [4.78, 5) is 3.97. The Labute approximate surface area is 84.5 Å². The van der Waals surface area contributed by atoms with Gasteiger partial charge in [-0.25, -0.2) is 0 Å². The van der Waals surface area contributed by atoms with Crippen molar-refractivity contribution in [2.24, 2.45) is 0 Å².